The summed E-state index contributed by atoms with van der Waals surface area (Å²) in [5, 5.41) is 1.08. The zero-order chi connectivity index (χ0) is 18.1. The highest BCUT2D eigenvalue weighted by Gasteiger charge is 2.28. The molecule has 0 spiro atoms. The number of thiazole rings is 1. The van der Waals surface area contributed by atoms with E-state index in [1.54, 1.807) is 16.2 Å². The molecular weight excluding hydrogens is 350 g/mol. The van der Waals surface area contributed by atoms with Crippen molar-refractivity contribution in [3.8, 4) is 5.75 Å². The average molecular weight is 369 g/mol. The zero-order valence-electron chi connectivity index (χ0n) is 14.4. The molecule has 1 aliphatic heterocycles. The van der Waals surface area contributed by atoms with Crippen molar-refractivity contribution in [2.24, 2.45) is 0 Å². The Kier molecular flexibility index (Phi) is 4.46. The van der Waals surface area contributed by atoms with Crippen LogP contribution in [0.15, 0.2) is 41.3 Å². The number of carbonyl (C=O) groups is 1. The molecule has 1 saturated heterocycles. The molecule has 6 nitrogen and oxygen atoms in total. The van der Waals surface area contributed by atoms with Crippen molar-refractivity contribution in [3.05, 3.63) is 57.5 Å². The fraction of sp³-hybridized carbons (Fsp3) is 0.316. The highest BCUT2D eigenvalue weighted by molar-refractivity contribution is 7.18. The summed E-state index contributed by atoms with van der Waals surface area (Å²) < 4.78 is 6.13. The number of pyridine rings is 1. The van der Waals surface area contributed by atoms with Gasteiger partial charge in [-0.2, -0.15) is 0 Å². The third-order valence-electron chi connectivity index (χ3n) is 4.70. The molecule has 0 radical (unpaired) electrons. The maximum absolute atomic E-state index is 12.8. The minimum atomic E-state index is -0.297. The third kappa shape index (κ3) is 3.10. The van der Waals surface area contributed by atoms with Gasteiger partial charge in [0.05, 0.1) is 22.3 Å². The highest BCUT2D eigenvalue weighted by atomic mass is 32.1. The van der Waals surface area contributed by atoms with E-state index in [4.69, 9.17) is 9.72 Å². The van der Waals surface area contributed by atoms with Gasteiger partial charge in [0.15, 0.2) is 5.75 Å². The monoisotopic (exact) mass is 369 g/mol. The molecule has 1 aromatic carbocycles. The van der Waals surface area contributed by atoms with Gasteiger partial charge in [-0.25, -0.2) is 4.98 Å². The van der Waals surface area contributed by atoms with E-state index in [2.05, 4.69) is 11.1 Å². The van der Waals surface area contributed by atoms with Crippen molar-refractivity contribution in [1.82, 2.24) is 14.9 Å². The quantitative estimate of drug-likeness (QED) is 0.770. The van der Waals surface area contributed by atoms with Crippen LogP contribution in [0, 0.1) is 0 Å². The molecule has 1 atom stereocenters. The molecule has 0 aliphatic carbocycles. The summed E-state index contributed by atoms with van der Waals surface area (Å²) >= 11 is 1.70. The molecule has 1 fully saturated rings. The first-order valence-electron chi connectivity index (χ1n) is 8.57. The first kappa shape index (κ1) is 16.8. The second-order valence-corrected chi connectivity index (χ2v) is 7.45. The van der Waals surface area contributed by atoms with Crippen molar-refractivity contribution in [3.63, 3.8) is 0 Å². The van der Waals surface area contributed by atoms with Gasteiger partial charge >= 0.3 is 0 Å². The molecular formula is C19H19N3O3S. The van der Waals surface area contributed by atoms with Gasteiger partial charge in [-0.3, -0.25) is 9.59 Å². The van der Waals surface area contributed by atoms with Gasteiger partial charge in [0, 0.05) is 31.3 Å². The summed E-state index contributed by atoms with van der Waals surface area (Å²) in [6.45, 7) is 1.31. The minimum Gasteiger partial charge on any atom is -0.491 e. The Balaban J connectivity index is 1.55. The number of H-pyrrole nitrogens is 1. The van der Waals surface area contributed by atoms with Gasteiger partial charge in [0.1, 0.15) is 5.69 Å². The van der Waals surface area contributed by atoms with E-state index in [1.807, 2.05) is 18.2 Å². The first-order chi connectivity index (χ1) is 12.7. The van der Waals surface area contributed by atoms with Crippen molar-refractivity contribution in [1.29, 1.82) is 0 Å². The number of benzene rings is 1. The standard InChI is InChI=1S/C19H19N3O3S/c1-25-16-10-20-14(9-15(16)23)19(24)22-8-4-5-12(11-22)18-21-13-6-2-3-7-17(13)26-18/h2-3,6-7,9-10,12H,4-5,8,11H2,1H3,(H,20,23)/t12-/m1/s1. The summed E-state index contributed by atoms with van der Waals surface area (Å²) in [6, 6.07) is 9.40. The lowest BCUT2D eigenvalue weighted by molar-refractivity contribution is 0.0701. The number of nitrogens with zero attached hydrogens (tertiary/aromatic N) is 2. The van der Waals surface area contributed by atoms with Crippen LogP contribution in [0.5, 0.6) is 5.75 Å². The Labute approximate surface area is 154 Å². The highest BCUT2D eigenvalue weighted by Crippen LogP contribution is 2.33. The number of piperidine rings is 1. The van der Waals surface area contributed by atoms with Crippen LogP contribution >= 0.6 is 11.3 Å². The second-order valence-electron chi connectivity index (χ2n) is 6.39. The number of hydrogen-bond donors (Lipinski definition) is 1. The lowest BCUT2D eigenvalue weighted by Crippen LogP contribution is -2.39. The van der Waals surface area contributed by atoms with E-state index in [1.165, 1.54) is 24.1 Å². The Morgan fingerprint density at radius 1 is 1.38 bits per heavy atom. The van der Waals surface area contributed by atoms with Crippen molar-refractivity contribution >= 4 is 27.5 Å². The van der Waals surface area contributed by atoms with Crippen LogP contribution in [0.1, 0.15) is 34.3 Å². The number of methoxy groups -OCH3 is 1. The average Bonchev–Trinajstić information content (AvgIpc) is 3.12. The number of rotatable bonds is 3. The van der Waals surface area contributed by atoms with Gasteiger partial charge in [-0.1, -0.05) is 12.1 Å². The van der Waals surface area contributed by atoms with Crippen LogP contribution in [0.2, 0.25) is 0 Å². The topological polar surface area (TPSA) is 75.3 Å². The van der Waals surface area contributed by atoms with Crippen molar-refractivity contribution in [2.45, 2.75) is 18.8 Å². The fourth-order valence-electron chi connectivity index (χ4n) is 3.34. The molecule has 7 heteroatoms. The number of nitrogens with one attached hydrogen (secondary N) is 1. The predicted octanol–water partition coefficient (Wildman–Crippen LogP) is 3.01. The molecule has 1 amide bonds. The molecule has 4 rings (SSSR count). The number of ether oxygens (including phenoxy) is 1. The molecule has 0 bridgehead atoms. The fourth-order valence-corrected chi connectivity index (χ4v) is 4.43. The van der Waals surface area contributed by atoms with Crippen molar-refractivity contribution < 1.29 is 9.53 Å². The van der Waals surface area contributed by atoms with E-state index in [9.17, 15) is 9.59 Å². The Bertz CT molecular complexity index is 977. The summed E-state index contributed by atoms with van der Waals surface area (Å²) in [5.41, 5.74) is 1.01. The predicted molar refractivity (Wildman–Crippen MR) is 101 cm³/mol. The molecule has 26 heavy (non-hydrogen) atoms. The van der Waals surface area contributed by atoms with Gasteiger partial charge in [-0.05, 0) is 25.0 Å². The molecule has 134 valence electrons. The van der Waals surface area contributed by atoms with Crippen LogP contribution in [-0.4, -0.2) is 41.0 Å². The van der Waals surface area contributed by atoms with E-state index >= 15 is 0 Å². The van der Waals surface area contributed by atoms with Crippen LogP contribution in [-0.2, 0) is 0 Å². The summed E-state index contributed by atoms with van der Waals surface area (Å²) in [5.74, 6) is 0.276. The van der Waals surface area contributed by atoms with Crippen LogP contribution in [0.25, 0.3) is 10.2 Å². The normalized spacial score (nSPS) is 17.4. The van der Waals surface area contributed by atoms with Crippen LogP contribution in [0.4, 0.5) is 0 Å². The molecule has 0 saturated carbocycles. The summed E-state index contributed by atoms with van der Waals surface area (Å²) in [7, 11) is 1.43. The van der Waals surface area contributed by atoms with E-state index in [0.29, 0.717) is 18.8 Å². The number of fused-ring (bicyclic) bond motifs is 1. The number of para-hydroxylation sites is 1. The first-order valence-corrected chi connectivity index (χ1v) is 9.39. The minimum absolute atomic E-state index is 0.157. The van der Waals surface area contributed by atoms with Crippen LogP contribution < -0.4 is 10.2 Å². The number of likely N-dealkylation sites (tertiary alicyclic amines) is 1. The molecule has 1 aliphatic rings. The summed E-state index contributed by atoms with van der Waals surface area (Å²) in [6.07, 6.45) is 3.37. The van der Waals surface area contributed by atoms with E-state index < -0.39 is 0 Å². The van der Waals surface area contributed by atoms with Gasteiger partial charge < -0.3 is 14.6 Å². The number of hydrogen-bond acceptors (Lipinski definition) is 5. The molecule has 3 aromatic rings. The lowest BCUT2D eigenvalue weighted by Gasteiger charge is -2.31. The van der Waals surface area contributed by atoms with E-state index in [-0.39, 0.29) is 23.0 Å². The lowest BCUT2D eigenvalue weighted by atomic mass is 9.98. The van der Waals surface area contributed by atoms with E-state index in [0.717, 1.165) is 23.4 Å². The Hall–Kier alpha value is -2.67. The molecule has 0 unspecified atom stereocenters. The number of aromatic amines is 1. The SMILES string of the molecule is COc1c[nH]c(C(=O)N2CCC[C@@H](c3nc4ccccc4s3)C2)cc1=O. The van der Waals surface area contributed by atoms with Gasteiger partial charge in [0.25, 0.3) is 5.91 Å². The second kappa shape index (κ2) is 6.92. The van der Waals surface area contributed by atoms with Gasteiger partial charge in [-0.15, -0.1) is 11.3 Å². The maximum Gasteiger partial charge on any atom is 0.270 e. The number of amides is 1. The molecule has 3 heterocycles. The summed E-state index contributed by atoms with van der Waals surface area (Å²) in [4.78, 5) is 34.1. The van der Waals surface area contributed by atoms with Gasteiger partial charge in [0.2, 0.25) is 5.43 Å². The van der Waals surface area contributed by atoms with Crippen LogP contribution in [0.3, 0.4) is 0 Å². The molecule has 2 aromatic heterocycles. The Morgan fingerprint density at radius 3 is 3.00 bits per heavy atom. The zero-order valence-corrected chi connectivity index (χ0v) is 15.2. The number of aromatic nitrogens is 2. The largest absolute Gasteiger partial charge is 0.491 e. The van der Waals surface area contributed by atoms with Crippen molar-refractivity contribution in [2.75, 3.05) is 20.2 Å². The third-order valence-corrected chi connectivity index (χ3v) is 5.89. The maximum atomic E-state index is 12.8. The smallest absolute Gasteiger partial charge is 0.270 e. The number of carbonyl (C=O) groups excluding carboxylic acids is 1. The Morgan fingerprint density at radius 2 is 2.23 bits per heavy atom. The molecule has 1 N–H and O–H groups in total.